The number of carbonyl (C=O) groups is 1. The maximum Gasteiger partial charge on any atom is 0.272 e. The number of hydrogen-bond acceptors (Lipinski definition) is 5. The number of ether oxygens (including phenoxy) is 1. The summed E-state index contributed by atoms with van der Waals surface area (Å²) >= 11 is 6.28. The van der Waals surface area contributed by atoms with Gasteiger partial charge in [-0.1, -0.05) is 54.1 Å². The third kappa shape index (κ3) is 5.21. The van der Waals surface area contributed by atoms with Crippen molar-refractivity contribution in [2.24, 2.45) is 0 Å². The number of nitrogens with zero attached hydrogens (tertiary/aromatic N) is 4. The molecule has 1 N–H and O–H groups in total. The van der Waals surface area contributed by atoms with E-state index in [4.69, 9.17) is 21.3 Å². The van der Waals surface area contributed by atoms with E-state index in [-0.39, 0.29) is 11.6 Å². The molecule has 0 saturated carbocycles. The first kappa shape index (κ1) is 23.5. The molecule has 36 heavy (non-hydrogen) atoms. The van der Waals surface area contributed by atoms with Crippen LogP contribution in [0, 0.1) is 0 Å². The van der Waals surface area contributed by atoms with Crippen molar-refractivity contribution in [3.8, 4) is 5.75 Å². The minimum absolute atomic E-state index is 0.245. The molecule has 0 aliphatic carbocycles. The summed E-state index contributed by atoms with van der Waals surface area (Å²) in [6, 6.07) is 23.1. The standard InChI is InChI=1S/C28H24ClN5O2/c1-36-22-10-11-23-26(16-22)34(18-20-8-5-9-21(29)14-20)27(32-23)24(15-19-6-3-2-4-7-19)33-28(35)25-17-30-12-13-31-25/h2-14,16-17,24H,15,18H2,1H3,(H,33,35). The predicted octanol–water partition coefficient (Wildman–Crippen LogP) is 5.25. The Balaban J connectivity index is 1.62. The number of methoxy groups -OCH3 is 1. The smallest absolute Gasteiger partial charge is 0.272 e. The first-order valence-electron chi connectivity index (χ1n) is 11.5. The lowest BCUT2D eigenvalue weighted by atomic mass is 10.0. The summed E-state index contributed by atoms with van der Waals surface area (Å²) in [4.78, 5) is 26.3. The number of rotatable bonds is 8. The molecule has 8 heteroatoms. The first-order chi connectivity index (χ1) is 17.6. The molecule has 0 aliphatic heterocycles. The molecule has 0 radical (unpaired) electrons. The lowest BCUT2D eigenvalue weighted by Gasteiger charge is -2.20. The van der Waals surface area contributed by atoms with Crippen LogP contribution in [0.15, 0.2) is 91.4 Å². The fraction of sp³-hybridized carbons (Fsp3) is 0.143. The Kier molecular flexibility index (Phi) is 6.91. The largest absolute Gasteiger partial charge is 0.497 e. The maximum atomic E-state index is 13.2. The van der Waals surface area contributed by atoms with Gasteiger partial charge in [0.1, 0.15) is 17.3 Å². The van der Waals surface area contributed by atoms with Crippen molar-refractivity contribution in [3.63, 3.8) is 0 Å². The van der Waals surface area contributed by atoms with E-state index in [0.29, 0.717) is 18.0 Å². The van der Waals surface area contributed by atoms with Crippen molar-refractivity contribution >= 4 is 28.5 Å². The number of carbonyl (C=O) groups excluding carboxylic acids is 1. The van der Waals surface area contributed by atoms with Gasteiger partial charge in [0.05, 0.1) is 30.4 Å². The van der Waals surface area contributed by atoms with E-state index in [9.17, 15) is 4.79 Å². The van der Waals surface area contributed by atoms with Gasteiger partial charge in [-0.05, 0) is 41.8 Å². The predicted molar refractivity (Wildman–Crippen MR) is 139 cm³/mol. The summed E-state index contributed by atoms with van der Waals surface area (Å²) in [7, 11) is 1.64. The highest BCUT2D eigenvalue weighted by Gasteiger charge is 2.24. The molecule has 5 rings (SSSR count). The molecule has 0 spiro atoms. The molecule has 2 aromatic heterocycles. The second kappa shape index (κ2) is 10.6. The number of fused-ring (bicyclic) bond motifs is 1. The molecule has 1 atom stereocenters. The fourth-order valence-electron chi connectivity index (χ4n) is 4.20. The summed E-state index contributed by atoms with van der Waals surface area (Å²) in [6.45, 7) is 0.520. The molecule has 0 aliphatic rings. The molecule has 2 heterocycles. The highest BCUT2D eigenvalue weighted by molar-refractivity contribution is 6.30. The molecule has 180 valence electrons. The second-order valence-electron chi connectivity index (χ2n) is 8.35. The average molecular weight is 498 g/mol. The monoisotopic (exact) mass is 497 g/mol. The number of hydrogen-bond donors (Lipinski definition) is 1. The lowest BCUT2D eigenvalue weighted by molar-refractivity contribution is 0.0928. The van der Waals surface area contributed by atoms with E-state index in [1.54, 1.807) is 7.11 Å². The number of benzene rings is 3. The lowest BCUT2D eigenvalue weighted by Crippen LogP contribution is -2.32. The molecule has 1 amide bonds. The van der Waals surface area contributed by atoms with Crippen LogP contribution in [0.2, 0.25) is 5.02 Å². The normalized spacial score (nSPS) is 11.8. The topological polar surface area (TPSA) is 81.9 Å². The Bertz CT molecular complexity index is 1490. The summed E-state index contributed by atoms with van der Waals surface area (Å²) in [5.74, 6) is 1.13. The van der Waals surface area contributed by atoms with Gasteiger partial charge in [-0.2, -0.15) is 0 Å². The average Bonchev–Trinajstić information content (AvgIpc) is 3.26. The van der Waals surface area contributed by atoms with E-state index < -0.39 is 6.04 Å². The van der Waals surface area contributed by atoms with Gasteiger partial charge in [-0.3, -0.25) is 9.78 Å². The number of amides is 1. The SMILES string of the molecule is COc1ccc2nc(C(Cc3ccccc3)NC(=O)c3cnccn3)n(Cc3cccc(Cl)c3)c2c1. The Morgan fingerprint density at radius 2 is 1.86 bits per heavy atom. The van der Waals surface area contributed by atoms with Crippen LogP contribution in [-0.4, -0.2) is 32.5 Å². The number of aromatic nitrogens is 4. The summed E-state index contributed by atoms with van der Waals surface area (Å²) in [6.07, 6.45) is 5.04. The van der Waals surface area contributed by atoms with Crippen molar-refractivity contribution in [2.75, 3.05) is 7.11 Å². The zero-order valence-corrected chi connectivity index (χ0v) is 20.4. The van der Waals surface area contributed by atoms with Gasteiger partial charge in [0.2, 0.25) is 0 Å². The van der Waals surface area contributed by atoms with Crippen LogP contribution in [0.5, 0.6) is 5.75 Å². The quantitative estimate of drug-likeness (QED) is 0.316. The molecule has 3 aromatic carbocycles. The van der Waals surface area contributed by atoms with Crippen LogP contribution in [0.3, 0.4) is 0 Å². The van der Waals surface area contributed by atoms with Gasteiger partial charge in [-0.15, -0.1) is 0 Å². The van der Waals surface area contributed by atoms with Crippen molar-refractivity contribution < 1.29 is 9.53 Å². The van der Waals surface area contributed by atoms with E-state index in [1.807, 2.05) is 72.8 Å². The van der Waals surface area contributed by atoms with Crippen molar-refractivity contribution in [3.05, 3.63) is 119 Å². The summed E-state index contributed by atoms with van der Waals surface area (Å²) in [5, 5.41) is 3.80. The Morgan fingerprint density at radius 3 is 2.61 bits per heavy atom. The van der Waals surface area contributed by atoms with Gasteiger partial charge in [0.25, 0.3) is 5.91 Å². The molecule has 0 fully saturated rings. The van der Waals surface area contributed by atoms with E-state index in [0.717, 1.165) is 33.7 Å². The number of nitrogens with one attached hydrogen (secondary N) is 1. The third-order valence-electron chi connectivity index (χ3n) is 5.91. The molecular formula is C28H24ClN5O2. The molecule has 1 unspecified atom stereocenters. The van der Waals surface area contributed by atoms with Crippen molar-refractivity contribution in [1.82, 2.24) is 24.8 Å². The minimum atomic E-state index is -0.431. The zero-order chi connectivity index (χ0) is 24.9. The van der Waals surface area contributed by atoms with Crippen LogP contribution in [0.25, 0.3) is 11.0 Å². The first-order valence-corrected chi connectivity index (χ1v) is 11.9. The highest BCUT2D eigenvalue weighted by Crippen LogP contribution is 2.28. The van der Waals surface area contributed by atoms with Crippen LogP contribution in [0.1, 0.15) is 33.5 Å². The van der Waals surface area contributed by atoms with Gasteiger partial charge in [0.15, 0.2) is 0 Å². The highest BCUT2D eigenvalue weighted by atomic mass is 35.5. The van der Waals surface area contributed by atoms with E-state index >= 15 is 0 Å². The molecule has 7 nitrogen and oxygen atoms in total. The maximum absolute atomic E-state index is 13.2. The number of imidazole rings is 1. The summed E-state index contributed by atoms with van der Waals surface area (Å²) in [5.41, 5.74) is 4.04. The molecule has 0 bridgehead atoms. The molecule has 0 saturated heterocycles. The molecule has 5 aromatic rings. The van der Waals surface area contributed by atoms with E-state index in [1.165, 1.54) is 18.6 Å². The zero-order valence-electron chi connectivity index (χ0n) is 19.6. The Hall–Kier alpha value is -4.23. The van der Waals surface area contributed by atoms with Crippen LogP contribution in [0.4, 0.5) is 0 Å². The van der Waals surface area contributed by atoms with Crippen molar-refractivity contribution in [1.29, 1.82) is 0 Å². The van der Waals surface area contributed by atoms with Gasteiger partial charge in [-0.25, -0.2) is 9.97 Å². The van der Waals surface area contributed by atoms with Crippen LogP contribution >= 0.6 is 11.6 Å². The summed E-state index contributed by atoms with van der Waals surface area (Å²) < 4.78 is 7.59. The van der Waals surface area contributed by atoms with Gasteiger partial charge >= 0.3 is 0 Å². The van der Waals surface area contributed by atoms with Crippen LogP contribution < -0.4 is 10.1 Å². The third-order valence-corrected chi connectivity index (χ3v) is 6.15. The fourth-order valence-corrected chi connectivity index (χ4v) is 4.42. The van der Waals surface area contributed by atoms with Gasteiger partial charge in [0, 0.05) is 30.0 Å². The Labute approximate surface area is 213 Å². The van der Waals surface area contributed by atoms with Crippen molar-refractivity contribution in [2.45, 2.75) is 19.0 Å². The minimum Gasteiger partial charge on any atom is -0.497 e. The Morgan fingerprint density at radius 1 is 1.03 bits per heavy atom. The second-order valence-corrected chi connectivity index (χ2v) is 8.78. The van der Waals surface area contributed by atoms with E-state index in [2.05, 4.69) is 19.9 Å². The molecular weight excluding hydrogens is 474 g/mol. The van der Waals surface area contributed by atoms with Gasteiger partial charge < -0.3 is 14.6 Å². The van der Waals surface area contributed by atoms with Crippen LogP contribution in [-0.2, 0) is 13.0 Å². The number of halogens is 1.